The summed E-state index contributed by atoms with van der Waals surface area (Å²) >= 11 is 0. The van der Waals surface area contributed by atoms with E-state index in [9.17, 15) is 0 Å². The maximum Gasteiger partial charge on any atom is 0.0700 e. The highest BCUT2D eigenvalue weighted by Crippen LogP contribution is 2.25. The Morgan fingerprint density at radius 2 is 2.12 bits per heavy atom. The van der Waals surface area contributed by atoms with Crippen LogP contribution in [0.3, 0.4) is 0 Å². The van der Waals surface area contributed by atoms with Crippen LogP contribution in [0.1, 0.15) is 18.4 Å². The summed E-state index contributed by atoms with van der Waals surface area (Å²) in [5.74, 6) is 0. The monoisotopic (exact) mass is 235 g/mol. The molecule has 1 aliphatic rings. The van der Waals surface area contributed by atoms with Crippen LogP contribution in [0.5, 0.6) is 0 Å². The fraction of sp³-hybridized carbons (Fsp3) is 0.571. The molecule has 3 heteroatoms. The molecule has 1 N–H and O–H groups in total. The van der Waals surface area contributed by atoms with Gasteiger partial charge in [-0.3, -0.25) is 0 Å². The quantitative estimate of drug-likeness (QED) is 0.768. The zero-order valence-electron chi connectivity index (χ0n) is 10.4. The SMILES string of the molecule is COCCOCCC1CCc2ccccc2N1. The van der Waals surface area contributed by atoms with E-state index >= 15 is 0 Å². The second kappa shape index (κ2) is 6.62. The van der Waals surface area contributed by atoms with Crippen LogP contribution in [0.2, 0.25) is 0 Å². The predicted molar refractivity (Wildman–Crippen MR) is 69.5 cm³/mol. The van der Waals surface area contributed by atoms with E-state index in [-0.39, 0.29) is 0 Å². The van der Waals surface area contributed by atoms with Crippen molar-refractivity contribution in [3.63, 3.8) is 0 Å². The Morgan fingerprint density at radius 1 is 1.24 bits per heavy atom. The summed E-state index contributed by atoms with van der Waals surface area (Å²) < 4.78 is 10.4. The molecule has 0 bridgehead atoms. The Bertz CT molecular complexity index is 341. The van der Waals surface area contributed by atoms with Crippen molar-refractivity contribution in [1.82, 2.24) is 0 Å². The zero-order chi connectivity index (χ0) is 11.9. The van der Waals surface area contributed by atoms with Gasteiger partial charge >= 0.3 is 0 Å². The number of hydrogen-bond donors (Lipinski definition) is 1. The van der Waals surface area contributed by atoms with Gasteiger partial charge in [-0.15, -0.1) is 0 Å². The first-order valence-electron chi connectivity index (χ1n) is 6.31. The summed E-state index contributed by atoms with van der Waals surface area (Å²) in [5, 5.41) is 3.58. The first kappa shape index (κ1) is 12.4. The van der Waals surface area contributed by atoms with E-state index in [0.29, 0.717) is 19.3 Å². The van der Waals surface area contributed by atoms with E-state index in [1.165, 1.54) is 24.1 Å². The second-order valence-corrected chi connectivity index (χ2v) is 4.43. The van der Waals surface area contributed by atoms with E-state index in [1.807, 2.05) is 0 Å². The van der Waals surface area contributed by atoms with Crippen molar-refractivity contribution in [3.8, 4) is 0 Å². The predicted octanol–water partition coefficient (Wildman–Crippen LogP) is 2.47. The number of ether oxygens (including phenoxy) is 2. The van der Waals surface area contributed by atoms with Gasteiger partial charge in [0.2, 0.25) is 0 Å². The summed E-state index contributed by atoms with van der Waals surface area (Å²) in [4.78, 5) is 0. The first-order chi connectivity index (χ1) is 8.40. The zero-order valence-corrected chi connectivity index (χ0v) is 10.4. The third-order valence-corrected chi connectivity index (χ3v) is 3.18. The normalized spacial score (nSPS) is 18.5. The van der Waals surface area contributed by atoms with E-state index in [4.69, 9.17) is 9.47 Å². The van der Waals surface area contributed by atoms with E-state index in [0.717, 1.165) is 13.0 Å². The van der Waals surface area contributed by atoms with Gasteiger partial charge in [-0.05, 0) is 30.9 Å². The van der Waals surface area contributed by atoms with Crippen LogP contribution in [0, 0.1) is 0 Å². The molecule has 0 radical (unpaired) electrons. The van der Waals surface area contributed by atoms with Crippen LogP contribution >= 0.6 is 0 Å². The molecular formula is C14H21NO2. The average molecular weight is 235 g/mol. The number of fused-ring (bicyclic) bond motifs is 1. The smallest absolute Gasteiger partial charge is 0.0700 e. The molecule has 1 aliphatic heterocycles. The van der Waals surface area contributed by atoms with Gasteiger partial charge in [-0.1, -0.05) is 18.2 Å². The first-order valence-corrected chi connectivity index (χ1v) is 6.31. The van der Waals surface area contributed by atoms with Crippen molar-refractivity contribution in [2.24, 2.45) is 0 Å². The summed E-state index contributed by atoms with van der Waals surface area (Å²) in [6, 6.07) is 9.10. The van der Waals surface area contributed by atoms with Crippen LogP contribution in [0.25, 0.3) is 0 Å². The molecule has 3 nitrogen and oxygen atoms in total. The van der Waals surface area contributed by atoms with E-state index < -0.39 is 0 Å². The molecule has 2 rings (SSSR count). The fourth-order valence-electron chi connectivity index (χ4n) is 2.19. The van der Waals surface area contributed by atoms with Gasteiger partial charge < -0.3 is 14.8 Å². The Labute approximate surface area is 103 Å². The molecule has 0 aromatic heterocycles. The summed E-state index contributed by atoms with van der Waals surface area (Å²) in [6.45, 7) is 2.18. The molecule has 1 atom stereocenters. The Hall–Kier alpha value is -1.06. The van der Waals surface area contributed by atoms with Gasteiger partial charge in [0, 0.05) is 25.4 Å². The third kappa shape index (κ3) is 3.72. The standard InChI is InChI=1S/C14H21NO2/c1-16-10-11-17-9-8-13-7-6-12-4-2-3-5-14(12)15-13/h2-5,13,15H,6-11H2,1H3. The van der Waals surface area contributed by atoms with Gasteiger partial charge in [-0.2, -0.15) is 0 Å². The third-order valence-electron chi connectivity index (χ3n) is 3.18. The highest BCUT2D eigenvalue weighted by atomic mass is 16.5. The molecule has 94 valence electrons. The highest BCUT2D eigenvalue weighted by molar-refractivity contribution is 5.53. The summed E-state index contributed by atoms with van der Waals surface area (Å²) in [5.41, 5.74) is 2.73. The lowest BCUT2D eigenvalue weighted by molar-refractivity contribution is 0.0675. The number of nitrogens with one attached hydrogen (secondary N) is 1. The van der Waals surface area contributed by atoms with E-state index in [2.05, 4.69) is 29.6 Å². The Kier molecular flexibility index (Phi) is 4.83. The molecule has 0 amide bonds. The average Bonchev–Trinajstić information content (AvgIpc) is 2.38. The lowest BCUT2D eigenvalue weighted by Crippen LogP contribution is -2.26. The minimum Gasteiger partial charge on any atom is -0.382 e. The molecule has 1 unspecified atom stereocenters. The highest BCUT2D eigenvalue weighted by Gasteiger charge is 2.16. The minimum atomic E-state index is 0.549. The van der Waals surface area contributed by atoms with Gasteiger partial charge in [0.1, 0.15) is 0 Å². The van der Waals surface area contributed by atoms with Crippen molar-refractivity contribution in [3.05, 3.63) is 29.8 Å². The number of methoxy groups -OCH3 is 1. The van der Waals surface area contributed by atoms with Crippen molar-refractivity contribution in [2.75, 3.05) is 32.2 Å². The van der Waals surface area contributed by atoms with E-state index in [1.54, 1.807) is 7.11 Å². The Morgan fingerprint density at radius 3 is 3.00 bits per heavy atom. The number of hydrogen-bond acceptors (Lipinski definition) is 3. The van der Waals surface area contributed by atoms with Crippen LogP contribution < -0.4 is 5.32 Å². The topological polar surface area (TPSA) is 30.5 Å². The lowest BCUT2D eigenvalue weighted by Gasteiger charge is -2.26. The maximum atomic E-state index is 5.50. The van der Waals surface area contributed by atoms with Crippen LogP contribution in [-0.4, -0.2) is 33.0 Å². The van der Waals surface area contributed by atoms with Gasteiger partial charge in [0.25, 0.3) is 0 Å². The van der Waals surface area contributed by atoms with Crippen molar-refractivity contribution in [1.29, 1.82) is 0 Å². The summed E-state index contributed by atoms with van der Waals surface area (Å²) in [6.07, 6.45) is 3.44. The second-order valence-electron chi connectivity index (χ2n) is 4.43. The van der Waals surface area contributed by atoms with Crippen molar-refractivity contribution < 1.29 is 9.47 Å². The Balaban J connectivity index is 1.71. The minimum absolute atomic E-state index is 0.549. The molecule has 0 saturated heterocycles. The summed E-state index contributed by atoms with van der Waals surface area (Å²) in [7, 11) is 1.70. The molecule has 0 fully saturated rings. The molecule has 1 heterocycles. The van der Waals surface area contributed by atoms with Gasteiger partial charge in [0.05, 0.1) is 13.2 Å². The molecule has 17 heavy (non-hydrogen) atoms. The van der Waals surface area contributed by atoms with Gasteiger partial charge in [0.15, 0.2) is 0 Å². The number of para-hydroxylation sites is 1. The molecule has 0 saturated carbocycles. The lowest BCUT2D eigenvalue weighted by atomic mass is 9.96. The number of aryl methyl sites for hydroxylation is 1. The number of benzene rings is 1. The van der Waals surface area contributed by atoms with Crippen molar-refractivity contribution >= 4 is 5.69 Å². The van der Waals surface area contributed by atoms with Crippen LogP contribution in [-0.2, 0) is 15.9 Å². The fourth-order valence-corrected chi connectivity index (χ4v) is 2.19. The number of rotatable bonds is 6. The van der Waals surface area contributed by atoms with Gasteiger partial charge in [-0.25, -0.2) is 0 Å². The maximum absolute atomic E-state index is 5.50. The molecule has 0 spiro atoms. The van der Waals surface area contributed by atoms with Crippen molar-refractivity contribution in [2.45, 2.75) is 25.3 Å². The molecule has 1 aromatic carbocycles. The largest absolute Gasteiger partial charge is 0.382 e. The molecular weight excluding hydrogens is 214 g/mol. The molecule has 1 aromatic rings. The number of anilines is 1. The van der Waals surface area contributed by atoms with Crippen LogP contribution in [0.4, 0.5) is 5.69 Å². The van der Waals surface area contributed by atoms with Crippen LogP contribution in [0.15, 0.2) is 24.3 Å². The molecule has 0 aliphatic carbocycles.